The molecule has 86 valence electrons. The summed E-state index contributed by atoms with van der Waals surface area (Å²) in [5.74, 6) is 0.248. The van der Waals surface area contributed by atoms with Gasteiger partial charge in [-0.2, -0.15) is 0 Å². The van der Waals surface area contributed by atoms with Crippen LogP contribution >= 0.6 is 0 Å². The van der Waals surface area contributed by atoms with Gasteiger partial charge in [-0.25, -0.2) is 0 Å². The van der Waals surface area contributed by atoms with E-state index in [0.29, 0.717) is 18.9 Å². The molecule has 0 radical (unpaired) electrons. The van der Waals surface area contributed by atoms with Gasteiger partial charge < -0.3 is 15.3 Å². The van der Waals surface area contributed by atoms with E-state index in [0.717, 1.165) is 6.42 Å². The zero-order chi connectivity index (χ0) is 11.3. The molecule has 0 saturated carbocycles. The summed E-state index contributed by atoms with van der Waals surface area (Å²) in [7, 11) is 0. The first kappa shape index (κ1) is 12.0. The van der Waals surface area contributed by atoms with E-state index in [1.165, 1.54) is 0 Å². The monoisotopic (exact) mass is 214 g/mol. The van der Waals surface area contributed by atoms with Crippen LogP contribution in [0.2, 0.25) is 0 Å². The van der Waals surface area contributed by atoms with Crippen LogP contribution < -0.4 is 5.32 Å². The van der Waals surface area contributed by atoms with Crippen molar-refractivity contribution in [1.29, 1.82) is 0 Å². The first-order valence-corrected chi connectivity index (χ1v) is 5.32. The Kier molecular flexibility index (Phi) is 4.55. The predicted octanol–water partition coefficient (Wildman–Crippen LogP) is -0.647. The molecule has 1 aliphatic rings. The highest BCUT2D eigenvalue weighted by Gasteiger charge is 2.29. The summed E-state index contributed by atoms with van der Waals surface area (Å²) in [4.78, 5) is 24.3. The first-order chi connectivity index (χ1) is 7.17. The maximum Gasteiger partial charge on any atom is 0.239 e. The summed E-state index contributed by atoms with van der Waals surface area (Å²) in [6, 6.07) is 0. The molecule has 0 aromatic rings. The van der Waals surface area contributed by atoms with Gasteiger partial charge in [0.05, 0.1) is 13.2 Å². The largest absolute Gasteiger partial charge is 0.395 e. The third-order valence-corrected chi connectivity index (χ3v) is 2.64. The van der Waals surface area contributed by atoms with Gasteiger partial charge in [0.2, 0.25) is 11.8 Å². The molecule has 1 saturated heterocycles. The number of carbonyl (C=O) groups is 2. The number of likely N-dealkylation sites (tertiary alicyclic amines) is 1. The summed E-state index contributed by atoms with van der Waals surface area (Å²) in [5, 5.41) is 11.0. The highest BCUT2D eigenvalue weighted by molar-refractivity contribution is 5.86. The molecule has 1 unspecified atom stereocenters. The van der Waals surface area contributed by atoms with E-state index in [2.05, 4.69) is 5.32 Å². The van der Waals surface area contributed by atoms with E-state index >= 15 is 0 Å². The van der Waals surface area contributed by atoms with Gasteiger partial charge in [-0.3, -0.25) is 9.59 Å². The lowest BCUT2D eigenvalue weighted by atomic mass is 10.1. The maximum absolute atomic E-state index is 11.4. The predicted molar refractivity (Wildman–Crippen MR) is 55.1 cm³/mol. The number of amides is 2. The second-order valence-corrected chi connectivity index (χ2v) is 3.83. The molecule has 2 amide bonds. The minimum absolute atomic E-state index is 0.0565. The second kappa shape index (κ2) is 5.70. The van der Waals surface area contributed by atoms with Gasteiger partial charge >= 0.3 is 0 Å². The van der Waals surface area contributed by atoms with Gasteiger partial charge in [0, 0.05) is 19.5 Å². The molecule has 1 heterocycles. The molecule has 1 fully saturated rings. The van der Waals surface area contributed by atoms with E-state index < -0.39 is 0 Å². The van der Waals surface area contributed by atoms with Crippen LogP contribution in [0, 0.1) is 5.92 Å². The molecule has 2 N–H and O–H groups in total. The van der Waals surface area contributed by atoms with Crippen LogP contribution in [0.1, 0.15) is 19.8 Å². The fourth-order valence-corrected chi connectivity index (χ4v) is 1.70. The highest BCUT2D eigenvalue weighted by atomic mass is 16.3. The lowest BCUT2D eigenvalue weighted by molar-refractivity contribution is -0.133. The number of hydrogen-bond acceptors (Lipinski definition) is 3. The summed E-state index contributed by atoms with van der Waals surface area (Å²) < 4.78 is 0. The number of carbonyl (C=O) groups excluding carboxylic acids is 2. The van der Waals surface area contributed by atoms with Crippen molar-refractivity contribution < 1.29 is 14.7 Å². The van der Waals surface area contributed by atoms with Crippen molar-refractivity contribution in [2.24, 2.45) is 5.92 Å². The SMILES string of the molecule is CCC1CC(=O)N(CC(=O)NCCO)C1. The third-order valence-electron chi connectivity index (χ3n) is 2.64. The molecule has 5 heteroatoms. The quantitative estimate of drug-likeness (QED) is 0.639. The third kappa shape index (κ3) is 3.51. The van der Waals surface area contributed by atoms with Gasteiger partial charge in [0.1, 0.15) is 0 Å². The number of nitrogens with one attached hydrogen (secondary N) is 1. The van der Waals surface area contributed by atoms with Crippen LogP contribution in [0.25, 0.3) is 0 Å². The van der Waals surface area contributed by atoms with Crippen LogP contribution in [0.15, 0.2) is 0 Å². The molecule has 1 atom stereocenters. The molecule has 0 bridgehead atoms. The van der Waals surface area contributed by atoms with E-state index in [-0.39, 0.29) is 31.5 Å². The maximum atomic E-state index is 11.4. The normalized spacial score (nSPS) is 20.8. The van der Waals surface area contributed by atoms with E-state index in [1.807, 2.05) is 6.92 Å². The molecule has 1 rings (SSSR count). The minimum atomic E-state index is -0.200. The Labute approximate surface area is 89.4 Å². The molecule has 0 aliphatic carbocycles. The lowest BCUT2D eigenvalue weighted by Crippen LogP contribution is -2.39. The summed E-state index contributed by atoms with van der Waals surface area (Å²) >= 11 is 0. The number of nitrogens with zero attached hydrogens (tertiary/aromatic N) is 1. The summed E-state index contributed by atoms with van der Waals surface area (Å²) in [6.07, 6.45) is 1.53. The average Bonchev–Trinajstić information content (AvgIpc) is 2.57. The minimum Gasteiger partial charge on any atom is -0.395 e. The molecule has 15 heavy (non-hydrogen) atoms. The van der Waals surface area contributed by atoms with Crippen LogP contribution in [0.3, 0.4) is 0 Å². The summed E-state index contributed by atoms with van der Waals surface area (Å²) in [5.41, 5.74) is 0. The van der Waals surface area contributed by atoms with Crippen molar-refractivity contribution in [3.63, 3.8) is 0 Å². The molecular weight excluding hydrogens is 196 g/mol. The lowest BCUT2D eigenvalue weighted by Gasteiger charge is -2.15. The Balaban J connectivity index is 2.32. The Morgan fingerprint density at radius 3 is 2.93 bits per heavy atom. The van der Waals surface area contributed by atoms with Crippen LogP contribution in [0.5, 0.6) is 0 Å². The number of hydrogen-bond donors (Lipinski definition) is 2. The Morgan fingerprint density at radius 2 is 2.40 bits per heavy atom. The standard InChI is InChI=1S/C10H18N2O3/c1-2-8-5-10(15)12(6-8)7-9(14)11-3-4-13/h8,13H,2-7H2,1H3,(H,11,14). The van der Waals surface area contributed by atoms with Crippen molar-refractivity contribution in [3.05, 3.63) is 0 Å². The van der Waals surface area contributed by atoms with Gasteiger partial charge in [0.15, 0.2) is 0 Å². The van der Waals surface area contributed by atoms with E-state index in [4.69, 9.17) is 5.11 Å². The fraction of sp³-hybridized carbons (Fsp3) is 0.800. The highest BCUT2D eigenvalue weighted by Crippen LogP contribution is 2.19. The Hall–Kier alpha value is -1.10. The Bertz CT molecular complexity index is 243. The van der Waals surface area contributed by atoms with Crippen molar-refractivity contribution in [2.75, 3.05) is 26.2 Å². The van der Waals surface area contributed by atoms with Crippen molar-refractivity contribution in [1.82, 2.24) is 10.2 Å². The van der Waals surface area contributed by atoms with Crippen molar-refractivity contribution >= 4 is 11.8 Å². The molecule has 0 spiro atoms. The van der Waals surface area contributed by atoms with E-state index in [9.17, 15) is 9.59 Å². The first-order valence-electron chi connectivity index (χ1n) is 5.32. The molecular formula is C10H18N2O3. The van der Waals surface area contributed by atoms with Gasteiger partial charge in [-0.15, -0.1) is 0 Å². The number of rotatable bonds is 5. The van der Waals surface area contributed by atoms with Crippen LogP contribution in [-0.4, -0.2) is 48.1 Å². The number of aliphatic hydroxyl groups excluding tert-OH is 1. The van der Waals surface area contributed by atoms with Crippen LogP contribution in [0.4, 0.5) is 0 Å². The molecule has 5 nitrogen and oxygen atoms in total. The van der Waals surface area contributed by atoms with Gasteiger partial charge in [-0.1, -0.05) is 13.3 Å². The van der Waals surface area contributed by atoms with Crippen molar-refractivity contribution in [2.45, 2.75) is 19.8 Å². The topological polar surface area (TPSA) is 69.6 Å². The number of aliphatic hydroxyl groups is 1. The zero-order valence-corrected chi connectivity index (χ0v) is 9.03. The van der Waals surface area contributed by atoms with Gasteiger partial charge in [0.25, 0.3) is 0 Å². The summed E-state index contributed by atoms with van der Waals surface area (Å²) in [6.45, 7) is 3.03. The zero-order valence-electron chi connectivity index (χ0n) is 9.03. The van der Waals surface area contributed by atoms with E-state index in [1.54, 1.807) is 4.90 Å². The second-order valence-electron chi connectivity index (χ2n) is 3.83. The average molecular weight is 214 g/mol. The Morgan fingerprint density at radius 1 is 1.67 bits per heavy atom. The molecule has 1 aliphatic heterocycles. The molecule has 0 aromatic heterocycles. The van der Waals surface area contributed by atoms with Crippen molar-refractivity contribution in [3.8, 4) is 0 Å². The molecule has 0 aromatic carbocycles. The smallest absolute Gasteiger partial charge is 0.239 e. The van der Waals surface area contributed by atoms with Gasteiger partial charge in [-0.05, 0) is 5.92 Å². The van der Waals surface area contributed by atoms with Crippen LogP contribution in [-0.2, 0) is 9.59 Å². The fourth-order valence-electron chi connectivity index (χ4n) is 1.70.